The topological polar surface area (TPSA) is 140 Å². The van der Waals surface area contributed by atoms with E-state index in [1.807, 2.05) is 31.2 Å². The number of amides is 2. The van der Waals surface area contributed by atoms with Crippen molar-refractivity contribution in [3.63, 3.8) is 0 Å². The molecule has 1 aliphatic heterocycles. The molecule has 2 saturated carbocycles. The number of nitrogens with zero attached hydrogens (tertiary/aromatic N) is 2. The zero-order valence-electron chi connectivity index (χ0n) is 24.5. The number of likely N-dealkylation sites (tertiary alicyclic amines) is 1. The first kappa shape index (κ1) is 30.6. The van der Waals surface area contributed by atoms with Crippen LogP contribution in [0.25, 0.3) is 10.8 Å². The Kier molecular flexibility index (Phi) is 8.30. The number of hydrogen-bond acceptors (Lipinski definition) is 8. The van der Waals surface area contributed by atoms with E-state index in [1.54, 1.807) is 19.2 Å². The van der Waals surface area contributed by atoms with Crippen LogP contribution in [0, 0.1) is 24.2 Å². The lowest BCUT2D eigenvalue weighted by Gasteiger charge is -2.27. The number of hydrogen-bond donors (Lipinski definition) is 1. The van der Waals surface area contributed by atoms with Gasteiger partial charge in [0, 0.05) is 36.8 Å². The fourth-order valence-corrected chi connectivity index (χ4v) is 7.40. The smallest absolute Gasteiger partial charge is 0.240 e. The van der Waals surface area contributed by atoms with Crippen molar-refractivity contribution >= 4 is 44.2 Å². The minimum atomic E-state index is -3.81. The summed E-state index contributed by atoms with van der Waals surface area (Å²) in [5, 5.41) is 1.15. The van der Waals surface area contributed by atoms with Crippen molar-refractivity contribution in [3.05, 3.63) is 61.3 Å². The third kappa shape index (κ3) is 6.27. The summed E-state index contributed by atoms with van der Waals surface area (Å²) >= 11 is 0. The average molecular weight is 608 g/mol. The number of benzene rings is 1. The van der Waals surface area contributed by atoms with Crippen LogP contribution < -0.4 is 9.46 Å². The summed E-state index contributed by atoms with van der Waals surface area (Å²) in [6.07, 6.45) is 4.94. The van der Waals surface area contributed by atoms with Crippen molar-refractivity contribution in [2.75, 3.05) is 6.54 Å². The highest BCUT2D eigenvalue weighted by molar-refractivity contribution is 7.90. The van der Waals surface area contributed by atoms with Crippen molar-refractivity contribution in [2.45, 2.75) is 69.8 Å². The van der Waals surface area contributed by atoms with E-state index < -0.39 is 44.7 Å². The summed E-state index contributed by atoms with van der Waals surface area (Å²) in [6.45, 7) is 10.9. The van der Waals surface area contributed by atoms with Crippen LogP contribution in [-0.4, -0.2) is 65.6 Å². The molecule has 0 spiro atoms. The standard InChI is InChI=1S/C32H37N3O7S/c1-5-22-16-32(22,31(39)34-43(40,41)25-8-9-25)17-28(37)27-15-24(18-35(27)30(38)20(4)14-23(36)6-2)42-29-26-10-7-19(3)13-21(26)11-12-33-29/h5-7,10-13,20,22,24-25,27H,1-2,8-9,14-18H2,3-4H3,(H,34,39)/t20-,22+,24+,27-,32+/m0/s1. The van der Waals surface area contributed by atoms with E-state index >= 15 is 0 Å². The van der Waals surface area contributed by atoms with Gasteiger partial charge in [0.25, 0.3) is 0 Å². The number of nitrogens with one attached hydrogen (secondary N) is 1. The summed E-state index contributed by atoms with van der Waals surface area (Å²) in [5.41, 5.74) is -0.162. The molecule has 2 aromatic rings. The number of ketones is 2. The highest BCUT2D eigenvalue weighted by Gasteiger charge is 2.61. The normalized spacial score (nSPS) is 25.5. The SMILES string of the molecule is C=CC(=O)C[C@H](C)C(=O)N1C[C@H](Oc2nccc3cc(C)ccc23)C[C@H]1C(=O)C[C@]1(C(=O)NS(=O)(=O)C2CC2)C[C@H]1C=C. The van der Waals surface area contributed by atoms with E-state index in [2.05, 4.69) is 22.9 Å². The second-order valence-corrected chi connectivity index (χ2v) is 14.1. The largest absolute Gasteiger partial charge is 0.472 e. The van der Waals surface area contributed by atoms with Gasteiger partial charge in [-0.3, -0.25) is 23.9 Å². The molecule has 11 heteroatoms. The highest BCUT2D eigenvalue weighted by atomic mass is 32.2. The first-order valence-electron chi connectivity index (χ1n) is 14.6. The number of carbonyl (C=O) groups excluding carboxylic acids is 4. The van der Waals surface area contributed by atoms with Gasteiger partial charge in [-0.25, -0.2) is 13.4 Å². The first-order chi connectivity index (χ1) is 20.4. The zero-order valence-corrected chi connectivity index (χ0v) is 25.3. The number of rotatable bonds is 13. The van der Waals surface area contributed by atoms with E-state index in [9.17, 15) is 27.6 Å². The van der Waals surface area contributed by atoms with E-state index in [0.717, 1.165) is 22.4 Å². The molecule has 5 atom stereocenters. The highest BCUT2D eigenvalue weighted by Crippen LogP contribution is 2.57. The molecule has 2 heterocycles. The number of sulfonamides is 1. The van der Waals surface area contributed by atoms with Crippen LogP contribution in [0.3, 0.4) is 0 Å². The number of Topliss-reactive ketones (excluding diaryl/α,β-unsaturated/α-hetero) is 1. The van der Waals surface area contributed by atoms with Gasteiger partial charge in [-0.1, -0.05) is 37.3 Å². The third-order valence-electron chi connectivity index (χ3n) is 8.79. The first-order valence-corrected chi connectivity index (χ1v) is 16.1. The molecule has 1 aromatic heterocycles. The van der Waals surface area contributed by atoms with Crippen molar-refractivity contribution < 1.29 is 32.3 Å². The van der Waals surface area contributed by atoms with Crippen LogP contribution >= 0.6 is 0 Å². The lowest BCUT2D eigenvalue weighted by Crippen LogP contribution is -2.46. The molecule has 228 valence electrons. The quantitative estimate of drug-likeness (QED) is 0.270. The Labute approximate surface area is 251 Å². The van der Waals surface area contributed by atoms with Crippen LogP contribution in [0.15, 0.2) is 55.8 Å². The molecule has 0 unspecified atom stereocenters. The molecule has 1 saturated heterocycles. The molecule has 1 N–H and O–H groups in total. The van der Waals surface area contributed by atoms with E-state index in [-0.39, 0.29) is 49.2 Å². The molecular formula is C32H37N3O7S. The van der Waals surface area contributed by atoms with Gasteiger partial charge in [-0.05, 0) is 55.7 Å². The van der Waals surface area contributed by atoms with Gasteiger partial charge in [-0.2, -0.15) is 0 Å². The maximum absolute atomic E-state index is 13.9. The second kappa shape index (κ2) is 11.7. The number of fused-ring (bicyclic) bond motifs is 1. The van der Waals surface area contributed by atoms with Gasteiger partial charge in [0.1, 0.15) is 6.10 Å². The van der Waals surface area contributed by atoms with Crippen LogP contribution in [0.1, 0.15) is 51.0 Å². The average Bonchev–Trinajstić information content (AvgIpc) is 3.89. The number of aromatic nitrogens is 1. The summed E-state index contributed by atoms with van der Waals surface area (Å²) < 4.78 is 33.5. The fraction of sp³-hybridized carbons (Fsp3) is 0.469. The van der Waals surface area contributed by atoms with Crippen molar-refractivity contribution in [1.29, 1.82) is 0 Å². The van der Waals surface area contributed by atoms with Crippen LogP contribution in [0.5, 0.6) is 5.88 Å². The Bertz CT molecular complexity index is 1620. The predicted octanol–water partition coefficient (Wildman–Crippen LogP) is 3.43. The Morgan fingerprint density at radius 3 is 2.60 bits per heavy atom. The monoisotopic (exact) mass is 607 g/mol. The lowest BCUT2D eigenvalue weighted by molar-refractivity contribution is -0.142. The number of carbonyl (C=O) groups is 4. The van der Waals surface area contributed by atoms with E-state index in [0.29, 0.717) is 25.1 Å². The molecule has 5 rings (SSSR count). The van der Waals surface area contributed by atoms with Gasteiger partial charge in [0.2, 0.25) is 27.7 Å². The lowest BCUT2D eigenvalue weighted by atomic mass is 9.91. The van der Waals surface area contributed by atoms with Crippen molar-refractivity contribution in [3.8, 4) is 5.88 Å². The fourth-order valence-electron chi connectivity index (χ4n) is 6.02. The molecular weight excluding hydrogens is 570 g/mol. The van der Waals surface area contributed by atoms with Gasteiger partial charge in [-0.15, -0.1) is 6.58 Å². The maximum Gasteiger partial charge on any atom is 0.240 e. The summed E-state index contributed by atoms with van der Waals surface area (Å²) in [7, 11) is -3.81. The van der Waals surface area contributed by atoms with Gasteiger partial charge in [0.05, 0.1) is 23.3 Å². The minimum absolute atomic E-state index is 0.0561. The predicted molar refractivity (Wildman–Crippen MR) is 160 cm³/mol. The Balaban J connectivity index is 1.39. The molecule has 1 aromatic carbocycles. The van der Waals surface area contributed by atoms with Crippen molar-refractivity contribution in [1.82, 2.24) is 14.6 Å². The maximum atomic E-state index is 13.9. The van der Waals surface area contributed by atoms with Crippen LogP contribution in [0.4, 0.5) is 0 Å². The molecule has 2 amide bonds. The number of pyridine rings is 1. The van der Waals surface area contributed by atoms with E-state index in [4.69, 9.17) is 4.74 Å². The van der Waals surface area contributed by atoms with Gasteiger partial charge in [0.15, 0.2) is 11.6 Å². The molecule has 3 aliphatic rings. The molecule has 43 heavy (non-hydrogen) atoms. The van der Waals surface area contributed by atoms with Gasteiger partial charge < -0.3 is 9.64 Å². The van der Waals surface area contributed by atoms with Crippen LogP contribution in [0.2, 0.25) is 0 Å². The Morgan fingerprint density at radius 1 is 1.21 bits per heavy atom. The molecule has 0 radical (unpaired) electrons. The summed E-state index contributed by atoms with van der Waals surface area (Å²) in [6, 6.07) is 6.83. The van der Waals surface area contributed by atoms with Crippen molar-refractivity contribution in [2.24, 2.45) is 17.3 Å². The van der Waals surface area contributed by atoms with E-state index in [1.165, 1.54) is 4.90 Å². The Hall–Kier alpha value is -3.86. The van der Waals surface area contributed by atoms with Crippen LogP contribution in [-0.2, 0) is 29.2 Å². The van der Waals surface area contributed by atoms with Gasteiger partial charge >= 0.3 is 0 Å². The molecule has 0 bridgehead atoms. The molecule has 3 fully saturated rings. The molecule has 10 nitrogen and oxygen atoms in total. The number of ether oxygens (including phenoxy) is 1. The minimum Gasteiger partial charge on any atom is -0.472 e. The summed E-state index contributed by atoms with van der Waals surface area (Å²) in [5.74, 6) is -2.43. The Morgan fingerprint density at radius 2 is 1.95 bits per heavy atom. The summed E-state index contributed by atoms with van der Waals surface area (Å²) in [4.78, 5) is 58.7. The zero-order chi connectivity index (χ0) is 31.1. The molecule has 2 aliphatic carbocycles. The third-order valence-corrected chi connectivity index (χ3v) is 10.6. The number of aryl methyl sites for hydroxylation is 1. The number of allylic oxidation sites excluding steroid dienone is 2. The second-order valence-electron chi connectivity index (χ2n) is 12.1.